The molecule has 0 N–H and O–H groups in total. The number of ether oxygens (including phenoxy) is 2. The lowest BCUT2D eigenvalue weighted by Gasteiger charge is -2.48. The molecule has 1 aromatic rings. The van der Waals surface area contributed by atoms with E-state index in [9.17, 15) is 9.59 Å². The molecule has 2 fully saturated rings. The summed E-state index contributed by atoms with van der Waals surface area (Å²) >= 11 is 0. The third-order valence-corrected chi connectivity index (χ3v) is 5.97. The standard InChI is InChI=1S/C21H30N2O4/c1-4-22-14-21(11-9-18(22)24)10-6-12-23(15-21)19(25)13-16-7-5-8-17(26-2)20(16)27-3/h5,7-8H,4,6,9-15H2,1-3H3/t21-/m1/s1. The van der Waals surface area contributed by atoms with E-state index in [0.29, 0.717) is 24.3 Å². The fourth-order valence-corrected chi connectivity index (χ4v) is 4.51. The summed E-state index contributed by atoms with van der Waals surface area (Å²) < 4.78 is 10.8. The summed E-state index contributed by atoms with van der Waals surface area (Å²) in [5.41, 5.74) is 0.895. The van der Waals surface area contributed by atoms with Gasteiger partial charge in [0, 0.05) is 43.6 Å². The fourth-order valence-electron chi connectivity index (χ4n) is 4.51. The lowest BCUT2D eigenvalue weighted by atomic mass is 9.73. The molecule has 0 aliphatic carbocycles. The van der Waals surface area contributed by atoms with E-state index in [0.717, 1.165) is 51.0 Å². The van der Waals surface area contributed by atoms with Gasteiger partial charge in [-0.1, -0.05) is 12.1 Å². The van der Waals surface area contributed by atoms with Crippen LogP contribution < -0.4 is 9.47 Å². The maximum Gasteiger partial charge on any atom is 0.227 e. The molecule has 0 radical (unpaired) electrons. The van der Waals surface area contributed by atoms with E-state index in [1.165, 1.54) is 0 Å². The van der Waals surface area contributed by atoms with E-state index >= 15 is 0 Å². The monoisotopic (exact) mass is 374 g/mol. The second kappa shape index (κ2) is 8.19. The van der Waals surface area contributed by atoms with Crippen LogP contribution in [-0.4, -0.2) is 62.0 Å². The Balaban J connectivity index is 1.72. The number of para-hydroxylation sites is 1. The SMILES string of the molecule is CCN1C[C@@]2(CCCN(C(=O)Cc3cccc(OC)c3OC)C2)CCC1=O. The summed E-state index contributed by atoms with van der Waals surface area (Å²) in [6, 6.07) is 5.63. The summed E-state index contributed by atoms with van der Waals surface area (Å²) in [7, 11) is 3.20. The van der Waals surface area contributed by atoms with Crippen molar-refractivity contribution < 1.29 is 19.1 Å². The first kappa shape index (κ1) is 19.5. The summed E-state index contributed by atoms with van der Waals surface area (Å²) in [6.07, 6.45) is 3.86. The number of nitrogens with zero attached hydrogens (tertiary/aromatic N) is 2. The van der Waals surface area contributed by atoms with Gasteiger partial charge in [0.1, 0.15) is 0 Å². The number of benzene rings is 1. The van der Waals surface area contributed by atoms with Gasteiger partial charge in [-0.2, -0.15) is 0 Å². The quantitative estimate of drug-likeness (QED) is 0.795. The molecule has 1 aromatic carbocycles. The molecule has 6 nitrogen and oxygen atoms in total. The zero-order chi connectivity index (χ0) is 19.4. The van der Waals surface area contributed by atoms with Crippen LogP contribution in [0.15, 0.2) is 18.2 Å². The molecule has 2 aliphatic rings. The number of rotatable bonds is 5. The fraction of sp³-hybridized carbons (Fsp3) is 0.619. The molecule has 148 valence electrons. The predicted molar refractivity (Wildman–Crippen MR) is 103 cm³/mol. The lowest BCUT2D eigenvalue weighted by Crippen LogP contribution is -2.55. The van der Waals surface area contributed by atoms with Crippen molar-refractivity contribution >= 4 is 11.8 Å². The highest BCUT2D eigenvalue weighted by Gasteiger charge is 2.42. The molecule has 0 unspecified atom stereocenters. The highest BCUT2D eigenvalue weighted by molar-refractivity contribution is 5.80. The molecule has 1 atom stereocenters. The Kier molecular flexibility index (Phi) is 5.92. The number of carbonyl (C=O) groups is 2. The molecule has 2 saturated heterocycles. The zero-order valence-corrected chi connectivity index (χ0v) is 16.6. The van der Waals surface area contributed by atoms with E-state index in [2.05, 4.69) is 0 Å². The van der Waals surface area contributed by atoms with Crippen molar-refractivity contribution in [3.8, 4) is 11.5 Å². The lowest BCUT2D eigenvalue weighted by molar-refractivity contribution is -0.142. The molecule has 0 saturated carbocycles. The molecule has 27 heavy (non-hydrogen) atoms. The van der Waals surface area contributed by atoms with Crippen molar-refractivity contribution in [1.29, 1.82) is 0 Å². The van der Waals surface area contributed by atoms with Crippen molar-refractivity contribution in [2.24, 2.45) is 5.41 Å². The van der Waals surface area contributed by atoms with E-state index < -0.39 is 0 Å². The van der Waals surface area contributed by atoms with Crippen LogP contribution in [0.5, 0.6) is 11.5 Å². The van der Waals surface area contributed by atoms with Gasteiger partial charge in [0.15, 0.2) is 11.5 Å². The van der Waals surface area contributed by atoms with Crippen molar-refractivity contribution in [3.63, 3.8) is 0 Å². The van der Waals surface area contributed by atoms with Gasteiger partial charge in [0.2, 0.25) is 11.8 Å². The highest BCUT2D eigenvalue weighted by Crippen LogP contribution is 2.39. The van der Waals surface area contributed by atoms with E-state index in [1.807, 2.05) is 34.9 Å². The number of hydrogen-bond donors (Lipinski definition) is 0. The topological polar surface area (TPSA) is 59.1 Å². The van der Waals surface area contributed by atoms with Crippen LogP contribution >= 0.6 is 0 Å². The zero-order valence-electron chi connectivity index (χ0n) is 16.6. The summed E-state index contributed by atoms with van der Waals surface area (Å²) in [5, 5.41) is 0. The second-order valence-electron chi connectivity index (χ2n) is 7.66. The van der Waals surface area contributed by atoms with Gasteiger partial charge in [0.25, 0.3) is 0 Å². The normalized spacial score (nSPS) is 22.9. The Morgan fingerprint density at radius 1 is 1.19 bits per heavy atom. The average Bonchev–Trinajstić information content (AvgIpc) is 2.69. The number of likely N-dealkylation sites (tertiary alicyclic amines) is 2. The van der Waals surface area contributed by atoms with Gasteiger partial charge in [-0.3, -0.25) is 9.59 Å². The highest BCUT2D eigenvalue weighted by atomic mass is 16.5. The Bertz CT molecular complexity index is 705. The minimum Gasteiger partial charge on any atom is -0.493 e. The maximum absolute atomic E-state index is 13.0. The van der Waals surface area contributed by atoms with Gasteiger partial charge in [-0.25, -0.2) is 0 Å². The Morgan fingerprint density at radius 2 is 2.00 bits per heavy atom. The first-order valence-electron chi connectivity index (χ1n) is 9.77. The van der Waals surface area contributed by atoms with E-state index in [4.69, 9.17) is 9.47 Å². The molecule has 2 heterocycles. The maximum atomic E-state index is 13.0. The molecule has 2 amide bonds. The Morgan fingerprint density at radius 3 is 2.70 bits per heavy atom. The van der Waals surface area contributed by atoms with Gasteiger partial charge in [-0.05, 0) is 32.3 Å². The Hall–Kier alpha value is -2.24. The third kappa shape index (κ3) is 4.04. The molecule has 6 heteroatoms. The predicted octanol–water partition coefficient (Wildman–Crippen LogP) is 2.50. The van der Waals surface area contributed by atoms with Crippen LogP contribution in [-0.2, 0) is 16.0 Å². The Labute approximate surface area is 161 Å². The van der Waals surface area contributed by atoms with Crippen molar-refractivity contribution in [2.45, 2.75) is 39.0 Å². The first-order chi connectivity index (χ1) is 13.0. The van der Waals surface area contributed by atoms with Crippen LogP contribution in [0.1, 0.15) is 38.2 Å². The van der Waals surface area contributed by atoms with Crippen molar-refractivity contribution in [2.75, 3.05) is 40.4 Å². The molecule has 0 bridgehead atoms. The summed E-state index contributed by atoms with van der Waals surface area (Å²) in [4.78, 5) is 29.0. The number of amides is 2. The second-order valence-corrected chi connectivity index (χ2v) is 7.66. The molecule has 3 rings (SSSR count). The molecule has 2 aliphatic heterocycles. The molecular weight excluding hydrogens is 344 g/mol. The summed E-state index contributed by atoms with van der Waals surface area (Å²) in [5.74, 6) is 1.62. The van der Waals surface area contributed by atoms with Gasteiger partial charge >= 0.3 is 0 Å². The molecule has 1 spiro atoms. The van der Waals surface area contributed by atoms with Crippen LogP contribution in [0, 0.1) is 5.41 Å². The van der Waals surface area contributed by atoms with Gasteiger partial charge in [-0.15, -0.1) is 0 Å². The van der Waals surface area contributed by atoms with Crippen molar-refractivity contribution in [3.05, 3.63) is 23.8 Å². The number of carbonyl (C=O) groups excluding carboxylic acids is 2. The number of methoxy groups -OCH3 is 2. The van der Waals surface area contributed by atoms with Gasteiger partial charge in [0.05, 0.1) is 20.6 Å². The average molecular weight is 374 g/mol. The van der Waals surface area contributed by atoms with E-state index in [1.54, 1.807) is 14.2 Å². The largest absolute Gasteiger partial charge is 0.493 e. The first-order valence-corrected chi connectivity index (χ1v) is 9.77. The minimum atomic E-state index is 0.0519. The summed E-state index contributed by atoms with van der Waals surface area (Å²) in [6.45, 7) is 5.07. The minimum absolute atomic E-state index is 0.0519. The van der Waals surface area contributed by atoms with E-state index in [-0.39, 0.29) is 17.2 Å². The molecule has 0 aromatic heterocycles. The van der Waals surface area contributed by atoms with Crippen LogP contribution in [0.3, 0.4) is 0 Å². The molecular formula is C21H30N2O4. The van der Waals surface area contributed by atoms with Gasteiger partial charge < -0.3 is 19.3 Å². The number of hydrogen-bond acceptors (Lipinski definition) is 4. The smallest absolute Gasteiger partial charge is 0.227 e. The van der Waals surface area contributed by atoms with Crippen LogP contribution in [0.4, 0.5) is 0 Å². The third-order valence-electron chi connectivity index (χ3n) is 5.97. The number of piperidine rings is 2. The van der Waals surface area contributed by atoms with Crippen LogP contribution in [0.2, 0.25) is 0 Å². The van der Waals surface area contributed by atoms with Crippen molar-refractivity contribution in [1.82, 2.24) is 9.80 Å². The van der Waals surface area contributed by atoms with Crippen LogP contribution in [0.25, 0.3) is 0 Å².